The molecule has 0 unspecified atom stereocenters. The van der Waals surface area contributed by atoms with Gasteiger partial charge in [-0.05, 0) is 23.8 Å². The zero-order valence-electron chi connectivity index (χ0n) is 13.5. The molecule has 0 aliphatic carbocycles. The minimum absolute atomic E-state index is 0.219. The standard InChI is InChI=1S/C18H16ClN3O3/c1-11(23)20-15-8-7-13(9-14(15)19)21-18(24)17-10-16(22-25-17)12-5-3-2-4-6-12/h2-9,17H,10H2,1H3,(H,20,23)(H,21,24)/t17-/m1/s1. The average molecular weight is 358 g/mol. The van der Waals surface area contributed by atoms with Crippen LogP contribution in [-0.4, -0.2) is 23.6 Å². The second-order valence-electron chi connectivity index (χ2n) is 5.57. The number of anilines is 2. The summed E-state index contributed by atoms with van der Waals surface area (Å²) in [6, 6.07) is 14.4. The highest BCUT2D eigenvalue weighted by Gasteiger charge is 2.28. The number of halogens is 1. The Balaban J connectivity index is 1.62. The van der Waals surface area contributed by atoms with E-state index < -0.39 is 6.10 Å². The Kier molecular flexibility index (Phi) is 5.00. The fourth-order valence-corrected chi connectivity index (χ4v) is 2.65. The van der Waals surface area contributed by atoms with Gasteiger partial charge in [-0.2, -0.15) is 0 Å². The van der Waals surface area contributed by atoms with E-state index in [4.69, 9.17) is 16.4 Å². The van der Waals surface area contributed by atoms with E-state index in [0.717, 1.165) is 11.3 Å². The summed E-state index contributed by atoms with van der Waals surface area (Å²) in [6.45, 7) is 1.40. The second kappa shape index (κ2) is 7.36. The first-order valence-corrected chi connectivity index (χ1v) is 8.07. The zero-order chi connectivity index (χ0) is 17.8. The van der Waals surface area contributed by atoms with E-state index in [9.17, 15) is 9.59 Å². The van der Waals surface area contributed by atoms with Crippen molar-refractivity contribution < 1.29 is 14.4 Å². The van der Waals surface area contributed by atoms with E-state index >= 15 is 0 Å². The highest BCUT2D eigenvalue weighted by atomic mass is 35.5. The maximum Gasteiger partial charge on any atom is 0.268 e. The highest BCUT2D eigenvalue weighted by molar-refractivity contribution is 6.34. The van der Waals surface area contributed by atoms with Gasteiger partial charge in [-0.15, -0.1) is 0 Å². The minimum Gasteiger partial charge on any atom is -0.382 e. The highest BCUT2D eigenvalue weighted by Crippen LogP contribution is 2.26. The van der Waals surface area contributed by atoms with E-state index in [2.05, 4.69) is 15.8 Å². The van der Waals surface area contributed by atoms with Gasteiger partial charge in [0.2, 0.25) is 12.0 Å². The number of carbonyl (C=O) groups is 2. The summed E-state index contributed by atoms with van der Waals surface area (Å²) in [7, 11) is 0. The zero-order valence-corrected chi connectivity index (χ0v) is 14.2. The van der Waals surface area contributed by atoms with Crippen molar-refractivity contribution in [1.29, 1.82) is 0 Å². The minimum atomic E-state index is -0.691. The molecule has 1 aliphatic heterocycles. The van der Waals surface area contributed by atoms with Crippen LogP contribution in [0.25, 0.3) is 0 Å². The molecule has 0 aromatic heterocycles. The lowest BCUT2D eigenvalue weighted by Crippen LogP contribution is -2.28. The number of amides is 2. The lowest BCUT2D eigenvalue weighted by molar-refractivity contribution is -0.125. The normalized spacial score (nSPS) is 15.9. The number of nitrogens with one attached hydrogen (secondary N) is 2. The number of benzene rings is 2. The average Bonchev–Trinajstić information content (AvgIpc) is 3.08. The molecule has 2 aromatic rings. The topological polar surface area (TPSA) is 79.8 Å². The predicted molar refractivity (Wildman–Crippen MR) is 96.9 cm³/mol. The molecule has 0 radical (unpaired) electrons. The van der Waals surface area contributed by atoms with Gasteiger partial charge in [-0.25, -0.2) is 0 Å². The fraction of sp³-hybridized carbons (Fsp3) is 0.167. The molecule has 2 N–H and O–H groups in total. The quantitative estimate of drug-likeness (QED) is 0.879. The number of rotatable bonds is 4. The molecule has 2 amide bonds. The SMILES string of the molecule is CC(=O)Nc1ccc(NC(=O)[C@H]2CC(c3ccccc3)=NO2)cc1Cl. The van der Waals surface area contributed by atoms with E-state index in [-0.39, 0.29) is 11.8 Å². The molecule has 0 spiro atoms. The van der Waals surface area contributed by atoms with E-state index in [0.29, 0.717) is 22.8 Å². The molecule has 0 saturated carbocycles. The first kappa shape index (κ1) is 17.0. The monoisotopic (exact) mass is 357 g/mol. The van der Waals surface area contributed by atoms with Gasteiger partial charge >= 0.3 is 0 Å². The van der Waals surface area contributed by atoms with Gasteiger partial charge in [0.05, 0.1) is 16.4 Å². The molecule has 2 aromatic carbocycles. The second-order valence-corrected chi connectivity index (χ2v) is 5.97. The van der Waals surface area contributed by atoms with Crippen LogP contribution in [0.4, 0.5) is 11.4 Å². The first-order chi connectivity index (χ1) is 12.0. The molecule has 0 fully saturated rings. The van der Waals surface area contributed by atoms with Crippen LogP contribution in [0.1, 0.15) is 18.9 Å². The Morgan fingerprint density at radius 2 is 1.92 bits per heavy atom. The van der Waals surface area contributed by atoms with Crippen molar-refractivity contribution in [2.45, 2.75) is 19.4 Å². The molecule has 1 heterocycles. The third kappa shape index (κ3) is 4.16. The summed E-state index contributed by atoms with van der Waals surface area (Å²) in [5.41, 5.74) is 2.67. The van der Waals surface area contributed by atoms with Crippen molar-refractivity contribution in [3.05, 3.63) is 59.1 Å². The van der Waals surface area contributed by atoms with Crippen LogP contribution in [-0.2, 0) is 14.4 Å². The summed E-state index contributed by atoms with van der Waals surface area (Å²) < 4.78 is 0. The van der Waals surface area contributed by atoms with Crippen LogP contribution in [0, 0.1) is 0 Å². The van der Waals surface area contributed by atoms with Crippen LogP contribution < -0.4 is 10.6 Å². The van der Waals surface area contributed by atoms with Crippen molar-refractivity contribution in [2.24, 2.45) is 5.16 Å². The van der Waals surface area contributed by atoms with Gasteiger partial charge in [0.1, 0.15) is 0 Å². The molecule has 0 bridgehead atoms. The molecule has 1 aliphatic rings. The van der Waals surface area contributed by atoms with Crippen molar-refractivity contribution in [3.63, 3.8) is 0 Å². The van der Waals surface area contributed by atoms with Gasteiger partial charge in [0, 0.05) is 19.0 Å². The van der Waals surface area contributed by atoms with Crippen LogP contribution in [0.15, 0.2) is 53.7 Å². The van der Waals surface area contributed by atoms with Crippen LogP contribution in [0.5, 0.6) is 0 Å². The van der Waals surface area contributed by atoms with Gasteiger partial charge in [-0.1, -0.05) is 47.1 Å². The summed E-state index contributed by atoms with van der Waals surface area (Å²) in [6.07, 6.45) is -0.294. The number of hydrogen-bond acceptors (Lipinski definition) is 4. The van der Waals surface area contributed by atoms with Crippen molar-refractivity contribution in [1.82, 2.24) is 0 Å². The summed E-state index contributed by atoms with van der Waals surface area (Å²) in [4.78, 5) is 28.7. The van der Waals surface area contributed by atoms with Gasteiger partial charge in [0.15, 0.2) is 0 Å². The van der Waals surface area contributed by atoms with Crippen molar-refractivity contribution in [3.8, 4) is 0 Å². The number of nitrogens with zero attached hydrogens (tertiary/aromatic N) is 1. The van der Waals surface area contributed by atoms with Crippen LogP contribution in [0.2, 0.25) is 5.02 Å². The molecule has 1 atom stereocenters. The first-order valence-electron chi connectivity index (χ1n) is 7.69. The summed E-state index contributed by atoms with van der Waals surface area (Å²) in [5, 5.41) is 9.68. The predicted octanol–water partition coefficient (Wildman–Crippen LogP) is 3.43. The van der Waals surface area contributed by atoms with E-state index in [1.807, 2.05) is 30.3 Å². The van der Waals surface area contributed by atoms with Crippen LogP contribution in [0.3, 0.4) is 0 Å². The van der Waals surface area contributed by atoms with Crippen LogP contribution >= 0.6 is 11.6 Å². The summed E-state index contributed by atoms with van der Waals surface area (Å²) in [5.74, 6) is -0.526. The smallest absolute Gasteiger partial charge is 0.268 e. The molecule has 128 valence electrons. The Morgan fingerprint density at radius 1 is 1.16 bits per heavy atom. The van der Waals surface area contributed by atoms with Gasteiger partial charge in [-0.3, -0.25) is 9.59 Å². The van der Waals surface area contributed by atoms with E-state index in [1.165, 1.54) is 6.92 Å². The largest absolute Gasteiger partial charge is 0.382 e. The molecule has 0 saturated heterocycles. The molecule has 3 rings (SSSR count). The fourth-order valence-electron chi connectivity index (χ4n) is 2.43. The molecular formula is C18H16ClN3O3. The number of carbonyl (C=O) groups excluding carboxylic acids is 2. The Bertz CT molecular complexity index is 837. The Hall–Kier alpha value is -2.86. The van der Waals surface area contributed by atoms with Crippen molar-refractivity contribution >= 4 is 40.5 Å². The summed E-state index contributed by atoms with van der Waals surface area (Å²) >= 11 is 6.10. The Labute approximate surface area is 149 Å². The van der Waals surface area contributed by atoms with Gasteiger partial charge < -0.3 is 15.5 Å². The third-order valence-electron chi connectivity index (χ3n) is 3.62. The van der Waals surface area contributed by atoms with Gasteiger partial charge in [0.25, 0.3) is 5.91 Å². The third-order valence-corrected chi connectivity index (χ3v) is 3.93. The lowest BCUT2D eigenvalue weighted by Gasteiger charge is -2.11. The maximum atomic E-state index is 12.3. The lowest BCUT2D eigenvalue weighted by atomic mass is 10.0. The molecular weight excluding hydrogens is 342 g/mol. The number of oxime groups is 1. The molecule has 7 heteroatoms. The molecule has 6 nitrogen and oxygen atoms in total. The molecule has 25 heavy (non-hydrogen) atoms. The Morgan fingerprint density at radius 3 is 2.60 bits per heavy atom. The number of hydrogen-bond donors (Lipinski definition) is 2. The van der Waals surface area contributed by atoms with Crippen molar-refractivity contribution in [2.75, 3.05) is 10.6 Å². The maximum absolute atomic E-state index is 12.3. The van der Waals surface area contributed by atoms with E-state index in [1.54, 1.807) is 18.2 Å².